The number of fused-ring (bicyclic) bond motifs is 1. The van der Waals surface area contributed by atoms with Crippen LogP contribution in [0.15, 0.2) is 30.3 Å². The molecule has 1 aromatic carbocycles. The van der Waals surface area contributed by atoms with Crippen LogP contribution in [0.4, 0.5) is 0 Å². The van der Waals surface area contributed by atoms with E-state index in [1.807, 2.05) is 19.9 Å². The number of nitrogens with one attached hydrogen (secondary N) is 1. The number of hydrogen-bond acceptors (Lipinski definition) is 3. The molecule has 2 fully saturated rings. The second kappa shape index (κ2) is 9.51. The van der Waals surface area contributed by atoms with Crippen molar-refractivity contribution in [2.75, 3.05) is 26.2 Å². The van der Waals surface area contributed by atoms with Gasteiger partial charge in [-0.05, 0) is 31.4 Å². The SMILES string of the molecule is CCN(CC)S(=O)(=O)N1CC[C@H](c2ccccc2)[C@H]2NCCCC[C@H]21.Cl. The number of benzene rings is 1. The van der Waals surface area contributed by atoms with Gasteiger partial charge in [-0.25, -0.2) is 0 Å². The maximum absolute atomic E-state index is 13.2. The number of piperidine rings is 1. The van der Waals surface area contributed by atoms with Gasteiger partial charge in [0.05, 0.1) is 0 Å². The second-order valence-electron chi connectivity index (χ2n) is 7.05. The predicted molar refractivity (Wildman–Crippen MR) is 109 cm³/mol. The van der Waals surface area contributed by atoms with Gasteiger partial charge < -0.3 is 5.32 Å². The Balaban J connectivity index is 0.00000243. The highest BCUT2D eigenvalue weighted by Gasteiger charge is 2.44. The number of nitrogens with zero attached hydrogens (tertiary/aromatic N) is 2. The van der Waals surface area contributed by atoms with Crippen molar-refractivity contribution in [2.45, 2.75) is 57.5 Å². The highest BCUT2D eigenvalue weighted by atomic mass is 35.5. The van der Waals surface area contributed by atoms with Crippen molar-refractivity contribution < 1.29 is 8.42 Å². The molecule has 0 bridgehead atoms. The zero-order valence-corrected chi connectivity index (χ0v) is 17.4. The fourth-order valence-electron chi connectivity index (χ4n) is 4.47. The molecule has 148 valence electrons. The van der Waals surface area contributed by atoms with Crippen molar-refractivity contribution in [3.8, 4) is 0 Å². The first-order chi connectivity index (χ1) is 12.1. The predicted octanol–water partition coefficient (Wildman–Crippen LogP) is 3.00. The standard InChI is InChI=1S/C19H31N3O2S.ClH/c1-3-21(4-2)25(23,24)22-15-13-17(16-10-6-5-7-11-16)19-18(22)12-8-9-14-20-19;/h5-7,10-11,17-20H,3-4,8-9,12-15H2,1-2H3;1H/t17-,18-,19-;/m1./s1. The Morgan fingerprint density at radius 3 is 2.46 bits per heavy atom. The van der Waals surface area contributed by atoms with E-state index in [1.165, 1.54) is 5.56 Å². The Hall–Kier alpha value is -0.660. The summed E-state index contributed by atoms with van der Waals surface area (Å²) in [5.41, 5.74) is 1.33. The first-order valence-corrected chi connectivity index (χ1v) is 11.0. The van der Waals surface area contributed by atoms with Crippen LogP contribution in [0.5, 0.6) is 0 Å². The van der Waals surface area contributed by atoms with Crippen LogP contribution in [0.1, 0.15) is 51.0 Å². The van der Waals surface area contributed by atoms with Crippen molar-refractivity contribution in [1.82, 2.24) is 13.9 Å². The van der Waals surface area contributed by atoms with Crippen molar-refractivity contribution in [1.29, 1.82) is 0 Å². The van der Waals surface area contributed by atoms with Gasteiger partial charge in [0.25, 0.3) is 10.2 Å². The number of hydrogen-bond donors (Lipinski definition) is 1. The first-order valence-electron chi connectivity index (χ1n) is 9.64. The molecule has 1 N–H and O–H groups in total. The number of rotatable bonds is 5. The zero-order valence-electron chi connectivity index (χ0n) is 15.8. The Morgan fingerprint density at radius 2 is 1.81 bits per heavy atom. The molecule has 3 rings (SSSR count). The summed E-state index contributed by atoms with van der Waals surface area (Å²) in [4.78, 5) is 0. The molecule has 0 unspecified atom stereocenters. The second-order valence-corrected chi connectivity index (χ2v) is 8.93. The molecule has 0 spiro atoms. The van der Waals surface area contributed by atoms with Gasteiger partial charge in [-0.15, -0.1) is 12.4 Å². The Labute approximate surface area is 164 Å². The van der Waals surface area contributed by atoms with Crippen LogP contribution in [-0.4, -0.2) is 55.3 Å². The molecular weight excluding hydrogens is 370 g/mol. The maximum atomic E-state index is 13.2. The average molecular weight is 402 g/mol. The van der Waals surface area contributed by atoms with Crippen molar-refractivity contribution in [3.05, 3.63) is 35.9 Å². The lowest BCUT2D eigenvalue weighted by molar-refractivity contribution is 0.165. The summed E-state index contributed by atoms with van der Waals surface area (Å²) in [7, 11) is -3.39. The summed E-state index contributed by atoms with van der Waals surface area (Å²) >= 11 is 0. The molecule has 1 aromatic rings. The first kappa shape index (κ1) is 21.6. The van der Waals surface area contributed by atoms with E-state index in [0.717, 1.165) is 32.2 Å². The Kier molecular flexibility index (Phi) is 7.91. The molecular formula is C19H32ClN3O2S. The molecule has 0 saturated carbocycles. The van der Waals surface area contributed by atoms with Crippen LogP contribution < -0.4 is 5.32 Å². The molecule has 0 aromatic heterocycles. The summed E-state index contributed by atoms with van der Waals surface area (Å²) in [6.45, 7) is 6.48. The van der Waals surface area contributed by atoms with Gasteiger partial charge in [-0.3, -0.25) is 0 Å². The maximum Gasteiger partial charge on any atom is 0.282 e. The molecule has 5 nitrogen and oxygen atoms in total. The van der Waals surface area contributed by atoms with E-state index in [0.29, 0.717) is 25.6 Å². The zero-order chi connectivity index (χ0) is 17.9. The van der Waals surface area contributed by atoms with Crippen molar-refractivity contribution in [2.24, 2.45) is 0 Å². The Morgan fingerprint density at radius 1 is 1.12 bits per heavy atom. The highest BCUT2D eigenvalue weighted by Crippen LogP contribution is 2.37. The molecule has 26 heavy (non-hydrogen) atoms. The van der Waals surface area contributed by atoms with Crippen molar-refractivity contribution >= 4 is 22.6 Å². The van der Waals surface area contributed by atoms with Gasteiger partial charge in [0.1, 0.15) is 0 Å². The topological polar surface area (TPSA) is 52.7 Å². The molecule has 0 radical (unpaired) electrons. The minimum Gasteiger partial charge on any atom is -0.312 e. The van der Waals surface area contributed by atoms with Gasteiger partial charge in [-0.2, -0.15) is 17.0 Å². The largest absolute Gasteiger partial charge is 0.312 e. The summed E-state index contributed by atoms with van der Waals surface area (Å²) in [6.07, 6.45) is 4.02. The third-order valence-electron chi connectivity index (χ3n) is 5.74. The number of halogens is 1. The molecule has 2 saturated heterocycles. The smallest absolute Gasteiger partial charge is 0.282 e. The van der Waals surface area contributed by atoms with Crippen LogP contribution in [0, 0.1) is 0 Å². The summed E-state index contributed by atoms with van der Waals surface area (Å²) in [5, 5.41) is 3.68. The monoisotopic (exact) mass is 401 g/mol. The quantitative estimate of drug-likeness (QED) is 0.825. The van der Waals surface area contributed by atoms with Gasteiger partial charge in [0, 0.05) is 37.6 Å². The summed E-state index contributed by atoms with van der Waals surface area (Å²) in [6, 6.07) is 10.8. The molecule has 0 aliphatic carbocycles. The molecule has 2 heterocycles. The highest BCUT2D eigenvalue weighted by molar-refractivity contribution is 7.86. The van der Waals surface area contributed by atoms with Crippen molar-refractivity contribution in [3.63, 3.8) is 0 Å². The third kappa shape index (κ3) is 4.25. The van der Waals surface area contributed by atoms with Gasteiger partial charge in [-0.1, -0.05) is 50.6 Å². The van der Waals surface area contributed by atoms with E-state index in [9.17, 15) is 8.42 Å². The molecule has 2 aliphatic rings. The average Bonchev–Trinajstić information content (AvgIpc) is 2.88. The van der Waals surface area contributed by atoms with E-state index in [2.05, 4.69) is 29.6 Å². The van der Waals surface area contributed by atoms with E-state index >= 15 is 0 Å². The van der Waals surface area contributed by atoms with E-state index in [1.54, 1.807) is 8.61 Å². The fraction of sp³-hybridized carbons (Fsp3) is 0.684. The van der Waals surface area contributed by atoms with E-state index in [4.69, 9.17) is 0 Å². The van der Waals surface area contributed by atoms with Gasteiger partial charge in [0.15, 0.2) is 0 Å². The van der Waals surface area contributed by atoms with E-state index in [-0.39, 0.29) is 24.5 Å². The fourth-order valence-corrected chi connectivity index (χ4v) is 6.33. The summed E-state index contributed by atoms with van der Waals surface area (Å²) in [5.74, 6) is 0.382. The van der Waals surface area contributed by atoms with Crippen LogP contribution >= 0.6 is 12.4 Å². The minimum atomic E-state index is -3.39. The molecule has 2 aliphatic heterocycles. The Bertz CT molecular complexity index is 652. The molecule has 3 atom stereocenters. The lowest BCUT2D eigenvalue weighted by Crippen LogP contribution is -2.60. The lowest BCUT2D eigenvalue weighted by Gasteiger charge is -2.45. The van der Waals surface area contributed by atoms with Crippen LogP contribution in [0.3, 0.4) is 0 Å². The van der Waals surface area contributed by atoms with Crippen LogP contribution in [0.25, 0.3) is 0 Å². The molecule has 0 amide bonds. The van der Waals surface area contributed by atoms with Crippen LogP contribution in [-0.2, 0) is 10.2 Å². The summed E-state index contributed by atoms with van der Waals surface area (Å²) < 4.78 is 29.8. The van der Waals surface area contributed by atoms with Crippen LogP contribution in [0.2, 0.25) is 0 Å². The minimum absolute atomic E-state index is 0. The third-order valence-corrected chi connectivity index (χ3v) is 7.96. The molecule has 7 heteroatoms. The van der Waals surface area contributed by atoms with Gasteiger partial charge in [0.2, 0.25) is 0 Å². The van der Waals surface area contributed by atoms with E-state index < -0.39 is 10.2 Å². The normalized spacial score (nSPS) is 27.4. The lowest BCUT2D eigenvalue weighted by atomic mass is 9.81. The van der Waals surface area contributed by atoms with Gasteiger partial charge >= 0.3 is 0 Å².